The van der Waals surface area contributed by atoms with Crippen LogP contribution in [0.5, 0.6) is 0 Å². The topological polar surface area (TPSA) is 67.4 Å². The van der Waals surface area contributed by atoms with Crippen molar-refractivity contribution in [2.24, 2.45) is 5.92 Å². The lowest BCUT2D eigenvalue weighted by Crippen LogP contribution is -2.42. The van der Waals surface area contributed by atoms with Crippen molar-refractivity contribution in [1.29, 1.82) is 0 Å². The van der Waals surface area contributed by atoms with Crippen molar-refractivity contribution in [3.05, 3.63) is 17.6 Å². The highest BCUT2D eigenvalue weighted by Crippen LogP contribution is 2.31. The number of carbonyl (C=O) groups is 1. The number of carbonyl (C=O) groups excluding carboxylic acids is 1. The molecule has 3 rings (SSSR count). The Labute approximate surface area is 150 Å². The van der Waals surface area contributed by atoms with Gasteiger partial charge in [0.05, 0.1) is 6.10 Å². The van der Waals surface area contributed by atoms with Gasteiger partial charge in [-0.1, -0.05) is 0 Å². The third kappa shape index (κ3) is 4.63. The molecule has 6 nitrogen and oxygen atoms in total. The molecule has 1 aromatic rings. The maximum absolute atomic E-state index is 12.9. The highest BCUT2D eigenvalue weighted by Gasteiger charge is 2.34. The van der Waals surface area contributed by atoms with Crippen molar-refractivity contribution in [2.45, 2.75) is 44.9 Å². The maximum atomic E-state index is 12.9. The van der Waals surface area contributed by atoms with E-state index in [4.69, 9.17) is 4.74 Å². The first-order valence-electron chi connectivity index (χ1n) is 8.90. The van der Waals surface area contributed by atoms with Crippen LogP contribution in [0, 0.1) is 12.8 Å². The Kier molecular flexibility index (Phi) is 5.64. The third-order valence-corrected chi connectivity index (χ3v) is 4.83. The predicted octanol–water partition coefficient (Wildman–Crippen LogP) is 2.32. The smallest absolute Gasteiger partial charge is 0.376 e. The van der Waals surface area contributed by atoms with Gasteiger partial charge in [0.15, 0.2) is 0 Å². The van der Waals surface area contributed by atoms with Crippen LogP contribution in [0.2, 0.25) is 0 Å². The van der Waals surface area contributed by atoms with Gasteiger partial charge in [-0.05, 0) is 32.6 Å². The van der Waals surface area contributed by atoms with Crippen molar-refractivity contribution in [1.82, 2.24) is 15.3 Å². The Morgan fingerprint density at radius 3 is 2.65 bits per heavy atom. The minimum Gasteiger partial charge on any atom is -0.376 e. The number of aryl methyl sites for hydroxylation is 1. The Hall–Kier alpha value is -1.90. The van der Waals surface area contributed by atoms with E-state index in [0.717, 1.165) is 25.5 Å². The van der Waals surface area contributed by atoms with Crippen molar-refractivity contribution < 1.29 is 22.7 Å². The van der Waals surface area contributed by atoms with E-state index in [0.29, 0.717) is 32.5 Å². The zero-order valence-corrected chi connectivity index (χ0v) is 14.7. The second-order valence-corrected chi connectivity index (χ2v) is 6.80. The average molecular weight is 372 g/mol. The molecule has 9 heteroatoms. The number of amides is 1. The lowest BCUT2D eigenvalue weighted by atomic mass is 9.95. The summed E-state index contributed by atoms with van der Waals surface area (Å²) in [4.78, 5) is 21.7. The quantitative estimate of drug-likeness (QED) is 0.879. The minimum absolute atomic E-state index is 0.00463. The molecule has 1 amide bonds. The molecule has 2 aliphatic rings. The largest absolute Gasteiger partial charge is 0.433 e. The number of ether oxygens (including phenoxy) is 1. The summed E-state index contributed by atoms with van der Waals surface area (Å²) in [5.41, 5.74) is -0.934. The third-order valence-electron chi connectivity index (χ3n) is 4.83. The van der Waals surface area contributed by atoms with Crippen molar-refractivity contribution in [2.75, 3.05) is 31.1 Å². The maximum Gasteiger partial charge on any atom is 0.433 e. The summed E-state index contributed by atoms with van der Waals surface area (Å²) in [6, 6.07) is 0.977. The van der Waals surface area contributed by atoms with E-state index in [1.165, 1.54) is 6.92 Å². The number of nitrogens with one attached hydrogen (secondary N) is 1. The molecule has 2 saturated heterocycles. The molecule has 0 unspecified atom stereocenters. The molecule has 0 aromatic carbocycles. The Balaban J connectivity index is 1.54. The van der Waals surface area contributed by atoms with E-state index >= 15 is 0 Å². The highest BCUT2D eigenvalue weighted by molar-refractivity contribution is 5.79. The van der Waals surface area contributed by atoms with Crippen LogP contribution in [-0.4, -0.2) is 48.2 Å². The monoisotopic (exact) mass is 372 g/mol. The zero-order chi connectivity index (χ0) is 18.7. The molecule has 1 N–H and O–H groups in total. The zero-order valence-electron chi connectivity index (χ0n) is 14.7. The van der Waals surface area contributed by atoms with Crippen LogP contribution >= 0.6 is 0 Å². The van der Waals surface area contributed by atoms with Gasteiger partial charge in [-0.25, -0.2) is 9.97 Å². The summed E-state index contributed by atoms with van der Waals surface area (Å²) in [6.07, 6.45) is -1.24. The summed E-state index contributed by atoms with van der Waals surface area (Å²) in [6.45, 7) is 3.71. The van der Waals surface area contributed by atoms with Gasteiger partial charge in [0.25, 0.3) is 0 Å². The molecule has 1 atom stereocenters. The number of rotatable bonds is 4. The number of anilines is 1. The van der Waals surface area contributed by atoms with Gasteiger partial charge in [0, 0.05) is 38.2 Å². The number of nitrogens with zero attached hydrogens (tertiary/aromatic N) is 3. The number of hydrogen-bond donors (Lipinski definition) is 1. The Morgan fingerprint density at radius 2 is 2.04 bits per heavy atom. The summed E-state index contributed by atoms with van der Waals surface area (Å²) < 4.78 is 44.3. The molecule has 0 saturated carbocycles. The summed E-state index contributed by atoms with van der Waals surface area (Å²) in [5.74, 6) is 0.224. The first-order valence-corrected chi connectivity index (χ1v) is 8.90. The van der Waals surface area contributed by atoms with E-state index < -0.39 is 11.9 Å². The van der Waals surface area contributed by atoms with Crippen LogP contribution < -0.4 is 10.2 Å². The van der Waals surface area contributed by atoms with E-state index in [1.54, 1.807) is 4.90 Å². The van der Waals surface area contributed by atoms with Crippen molar-refractivity contribution >= 4 is 11.7 Å². The Morgan fingerprint density at radius 1 is 1.31 bits per heavy atom. The molecular formula is C17H23F3N4O2. The molecule has 0 radical (unpaired) electrons. The second-order valence-electron chi connectivity index (χ2n) is 6.80. The molecule has 0 bridgehead atoms. The first-order chi connectivity index (χ1) is 12.3. The van der Waals surface area contributed by atoms with Crippen LogP contribution in [0.25, 0.3) is 0 Å². The fourth-order valence-electron chi connectivity index (χ4n) is 3.39. The minimum atomic E-state index is -4.50. The summed E-state index contributed by atoms with van der Waals surface area (Å²) in [7, 11) is 0. The second kappa shape index (κ2) is 7.77. The van der Waals surface area contributed by atoms with Crippen LogP contribution in [-0.2, 0) is 15.7 Å². The van der Waals surface area contributed by atoms with Crippen LogP contribution in [0.1, 0.15) is 37.2 Å². The van der Waals surface area contributed by atoms with Gasteiger partial charge in [-0.2, -0.15) is 13.2 Å². The fourth-order valence-corrected chi connectivity index (χ4v) is 3.39. The highest BCUT2D eigenvalue weighted by atomic mass is 19.4. The van der Waals surface area contributed by atoms with Crippen LogP contribution in [0.4, 0.5) is 19.0 Å². The standard InChI is InChI=1S/C17H23F3N4O2/c1-11-22-14(17(18,19)20)9-15(23-11)24-6-4-12(5-7-24)16(25)21-10-13-3-2-8-26-13/h9,12-13H,2-8,10H2,1H3,(H,21,25)/t13-/m0/s1. The molecule has 2 fully saturated rings. The van der Waals surface area contributed by atoms with Gasteiger partial charge in [-0.3, -0.25) is 4.79 Å². The number of hydrogen-bond acceptors (Lipinski definition) is 5. The fraction of sp³-hybridized carbons (Fsp3) is 0.706. The molecule has 0 aliphatic carbocycles. The summed E-state index contributed by atoms with van der Waals surface area (Å²) in [5, 5.41) is 2.93. The van der Waals surface area contributed by atoms with Gasteiger partial charge in [0.1, 0.15) is 17.3 Å². The number of piperidine rings is 1. The molecule has 144 valence electrons. The molecule has 3 heterocycles. The average Bonchev–Trinajstić information content (AvgIpc) is 3.12. The molecule has 1 aromatic heterocycles. The number of alkyl halides is 3. The van der Waals surface area contributed by atoms with E-state index in [2.05, 4.69) is 15.3 Å². The van der Waals surface area contributed by atoms with Crippen molar-refractivity contribution in [3.8, 4) is 0 Å². The van der Waals surface area contributed by atoms with Gasteiger partial charge in [0.2, 0.25) is 5.91 Å². The molecule has 2 aliphatic heterocycles. The lowest BCUT2D eigenvalue weighted by molar-refractivity contribution is -0.141. The predicted molar refractivity (Wildman–Crippen MR) is 88.7 cm³/mol. The van der Waals surface area contributed by atoms with Crippen LogP contribution in [0.15, 0.2) is 6.07 Å². The van der Waals surface area contributed by atoms with Gasteiger partial charge in [-0.15, -0.1) is 0 Å². The number of halogens is 3. The number of aromatic nitrogens is 2. The van der Waals surface area contributed by atoms with Gasteiger partial charge >= 0.3 is 6.18 Å². The van der Waals surface area contributed by atoms with Crippen molar-refractivity contribution in [3.63, 3.8) is 0 Å². The first kappa shape index (κ1) is 18.9. The van der Waals surface area contributed by atoms with Crippen LogP contribution in [0.3, 0.4) is 0 Å². The molecule has 26 heavy (non-hydrogen) atoms. The van der Waals surface area contributed by atoms with E-state index in [1.807, 2.05) is 0 Å². The molecular weight excluding hydrogens is 349 g/mol. The Bertz CT molecular complexity index is 639. The van der Waals surface area contributed by atoms with E-state index in [9.17, 15) is 18.0 Å². The lowest BCUT2D eigenvalue weighted by Gasteiger charge is -2.32. The molecule has 0 spiro atoms. The summed E-state index contributed by atoms with van der Waals surface area (Å²) >= 11 is 0. The van der Waals surface area contributed by atoms with Gasteiger partial charge < -0.3 is 15.0 Å². The normalized spacial score (nSPS) is 21.8. The SMILES string of the molecule is Cc1nc(N2CCC(C(=O)NC[C@@H]3CCCO3)CC2)cc(C(F)(F)F)n1. The van der Waals surface area contributed by atoms with E-state index in [-0.39, 0.29) is 29.6 Å².